The number of amides is 2. The summed E-state index contributed by atoms with van der Waals surface area (Å²) in [6.07, 6.45) is 6.65. The summed E-state index contributed by atoms with van der Waals surface area (Å²) in [7, 11) is 0. The normalized spacial score (nSPS) is 18.1. The van der Waals surface area contributed by atoms with Crippen LogP contribution in [0.5, 0.6) is 0 Å². The van der Waals surface area contributed by atoms with E-state index >= 15 is 0 Å². The quantitative estimate of drug-likeness (QED) is 0.608. The first-order chi connectivity index (χ1) is 15.1. The molecule has 170 valence electrons. The third kappa shape index (κ3) is 4.92. The van der Waals surface area contributed by atoms with Crippen molar-refractivity contribution >= 4 is 23.3 Å². The minimum Gasteiger partial charge on any atom is -0.354 e. The molecule has 0 spiro atoms. The van der Waals surface area contributed by atoms with E-state index in [1.165, 1.54) is 12.8 Å². The number of hydrogen-bond acceptors (Lipinski definition) is 4. The summed E-state index contributed by atoms with van der Waals surface area (Å²) < 4.78 is 0. The molecule has 2 aromatic rings. The molecule has 7 nitrogen and oxygen atoms in total. The van der Waals surface area contributed by atoms with E-state index < -0.39 is 6.04 Å². The Labute approximate surface area is 188 Å². The number of H-pyrrole nitrogens is 1. The van der Waals surface area contributed by atoms with Crippen LogP contribution in [-0.2, 0) is 11.2 Å². The van der Waals surface area contributed by atoms with Gasteiger partial charge in [-0.25, -0.2) is 0 Å². The van der Waals surface area contributed by atoms with E-state index in [0.29, 0.717) is 47.7 Å². The molecule has 0 saturated heterocycles. The molecule has 1 saturated carbocycles. The molecule has 1 fully saturated rings. The molecule has 2 aromatic heterocycles. The molecule has 0 aliphatic heterocycles. The van der Waals surface area contributed by atoms with Gasteiger partial charge >= 0.3 is 0 Å². The topological polar surface area (TPSA) is 104 Å². The highest BCUT2D eigenvalue weighted by atomic mass is 16.2. The average molecular weight is 437 g/mol. The molecule has 0 bridgehead atoms. The SMILES string of the molecule is Cc1ccc(NC(=O)C(CCC2CC2)NC(=O)c2[nH]c3c(c2C)C(=O)CC(C)(C)C3)cn1. The van der Waals surface area contributed by atoms with Gasteiger partial charge in [0.05, 0.1) is 11.9 Å². The summed E-state index contributed by atoms with van der Waals surface area (Å²) in [5, 5.41) is 5.79. The highest BCUT2D eigenvalue weighted by molar-refractivity contribution is 6.06. The van der Waals surface area contributed by atoms with Crippen molar-refractivity contribution in [2.24, 2.45) is 11.3 Å². The van der Waals surface area contributed by atoms with Gasteiger partial charge in [-0.1, -0.05) is 26.7 Å². The van der Waals surface area contributed by atoms with Gasteiger partial charge in [0, 0.05) is 23.4 Å². The molecule has 4 rings (SSSR count). The molecule has 2 heterocycles. The number of aryl methyl sites for hydroxylation is 1. The second kappa shape index (κ2) is 8.52. The van der Waals surface area contributed by atoms with Crippen molar-refractivity contribution in [3.63, 3.8) is 0 Å². The highest BCUT2D eigenvalue weighted by Gasteiger charge is 2.36. The fraction of sp³-hybridized carbons (Fsp3) is 0.520. The smallest absolute Gasteiger partial charge is 0.268 e. The summed E-state index contributed by atoms with van der Waals surface area (Å²) >= 11 is 0. The zero-order chi connectivity index (χ0) is 23.0. The number of hydrogen-bond donors (Lipinski definition) is 3. The number of ketones is 1. The molecule has 2 aliphatic carbocycles. The molecule has 32 heavy (non-hydrogen) atoms. The fourth-order valence-corrected chi connectivity index (χ4v) is 4.54. The standard InChI is InChI=1S/C25H32N4O3/c1-14-5-9-17(13-26-14)27-23(31)18(10-8-16-6-7-16)29-24(32)22-15(2)21-19(28-22)11-25(3,4)12-20(21)30/h5,9,13,16,18,28H,6-8,10-12H2,1-4H3,(H,27,31)(H,29,32). The maximum Gasteiger partial charge on any atom is 0.268 e. The Kier molecular flexibility index (Phi) is 5.93. The van der Waals surface area contributed by atoms with Crippen LogP contribution < -0.4 is 10.6 Å². The van der Waals surface area contributed by atoms with Crippen LogP contribution in [0, 0.1) is 25.2 Å². The lowest BCUT2D eigenvalue weighted by molar-refractivity contribution is -0.118. The van der Waals surface area contributed by atoms with Crippen molar-refractivity contribution in [2.75, 3.05) is 5.32 Å². The summed E-state index contributed by atoms with van der Waals surface area (Å²) in [4.78, 5) is 46.3. The number of pyridine rings is 1. The number of anilines is 1. The van der Waals surface area contributed by atoms with Gasteiger partial charge in [0.15, 0.2) is 5.78 Å². The number of nitrogens with zero attached hydrogens (tertiary/aromatic N) is 1. The molecular weight excluding hydrogens is 404 g/mol. The van der Waals surface area contributed by atoms with Crippen molar-refractivity contribution < 1.29 is 14.4 Å². The van der Waals surface area contributed by atoms with Crippen molar-refractivity contribution in [3.05, 3.63) is 46.5 Å². The minimum atomic E-state index is -0.656. The van der Waals surface area contributed by atoms with Crippen LogP contribution in [0.2, 0.25) is 0 Å². The zero-order valence-corrected chi connectivity index (χ0v) is 19.3. The maximum atomic E-state index is 13.2. The largest absolute Gasteiger partial charge is 0.354 e. The Balaban J connectivity index is 1.51. The Morgan fingerprint density at radius 3 is 2.62 bits per heavy atom. The fourth-order valence-electron chi connectivity index (χ4n) is 4.54. The number of aromatic nitrogens is 2. The van der Waals surface area contributed by atoms with Crippen molar-refractivity contribution in [1.29, 1.82) is 0 Å². The maximum absolute atomic E-state index is 13.2. The van der Waals surface area contributed by atoms with Gasteiger partial charge in [-0.05, 0) is 62.1 Å². The Bertz CT molecular complexity index is 1050. The second-order valence-corrected chi connectivity index (χ2v) is 10.1. The first-order valence-electron chi connectivity index (χ1n) is 11.4. The van der Waals surface area contributed by atoms with E-state index in [1.54, 1.807) is 19.2 Å². The number of carbonyl (C=O) groups excluding carboxylic acids is 3. The van der Waals surface area contributed by atoms with Gasteiger partial charge in [0.25, 0.3) is 5.91 Å². The second-order valence-electron chi connectivity index (χ2n) is 10.1. The van der Waals surface area contributed by atoms with Crippen LogP contribution in [-0.4, -0.2) is 33.6 Å². The minimum absolute atomic E-state index is 0.0685. The van der Waals surface area contributed by atoms with Gasteiger partial charge in [-0.3, -0.25) is 19.4 Å². The van der Waals surface area contributed by atoms with E-state index in [0.717, 1.165) is 17.8 Å². The zero-order valence-electron chi connectivity index (χ0n) is 19.3. The molecule has 1 unspecified atom stereocenters. The number of rotatable bonds is 7. The first kappa shape index (κ1) is 22.2. The molecule has 0 aromatic carbocycles. The highest BCUT2D eigenvalue weighted by Crippen LogP contribution is 2.37. The third-order valence-electron chi connectivity index (χ3n) is 6.49. The number of fused-ring (bicyclic) bond motifs is 1. The average Bonchev–Trinajstić information content (AvgIpc) is 3.48. The Morgan fingerprint density at radius 2 is 1.97 bits per heavy atom. The monoisotopic (exact) mass is 436 g/mol. The lowest BCUT2D eigenvalue weighted by atomic mass is 9.75. The van der Waals surface area contributed by atoms with Gasteiger partial charge < -0.3 is 15.6 Å². The van der Waals surface area contributed by atoms with Crippen molar-refractivity contribution in [3.8, 4) is 0 Å². The van der Waals surface area contributed by atoms with Crippen molar-refractivity contribution in [1.82, 2.24) is 15.3 Å². The lowest BCUT2D eigenvalue weighted by Crippen LogP contribution is -2.44. The van der Waals surface area contributed by atoms with Gasteiger partial charge in [0.1, 0.15) is 11.7 Å². The van der Waals surface area contributed by atoms with E-state index in [4.69, 9.17) is 0 Å². The van der Waals surface area contributed by atoms with E-state index in [9.17, 15) is 14.4 Å². The number of carbonyl (C=O) groups is 3. The lowest BCUT2D eigenvalue weighted by Gasteiger charge is -2.28. The molecule has 0 radical (unpaired) electrons. The van der Waals surface area contributed by atoms with E-state index in [1.807, 2.05) is 13.0 Å². The van der Waals surface area contributed by atoms with Crippen LogP contribution in [0.3, 0.4) is 0 Å². The molecule has 3 N–H and O–H groups in total. The Morgan fingerprint density at radius 1 is 1.22 bits per heavy atom. The molecule has 2 amide bonds. The van der Waals surface area contributed by atoms with Crippen LogP contribution in [0.4, 0.5) is 5.69 Å². The predicted molar refractivity (Wildman–Crippen MR) is 123 cm³/mol. The van der Waals surface area contributed by atoms with Crippen LogP contribution in [0.15, 0.2) is 18.3 Å². The van der Waals surface area contributed by atoms with E-state index in [2.05, 4.69) is 34.4 Å². The summed E-state index contributed by atoms with van der Waals surface area (Å²) in [5.41, 5.74) is 3.84. The van der Waals surface area contributed by atoms with E-state index in [-0.39, 0.29) is 23.0 Å². The van der Waals surface area contributed by atoms with Gasteiger partial charge in [-0.15, -0.1) is 0 Å². The third-order valence-corrected chi connectivity index (χ3v) is 6.49. The van der Waals surface area contributed by atoms with Gasteiger partial charge in [-0.2, -0.15) is 0 Å². The first-order valence-corrected chi connectivity index (χ1v) is 11.4. The predicted octanol–water partition coefficient (Wildman–Crippen LogP) is 4.11. The molecule has 1 atom stereocenters. The van der Waals surface area contributed by atoms with Crippen LogP contribution in [0.25, 0.3) is 0 Å². The Hall–Kier alpha value is -2.96. The summed E-state index contributed by atoms with van der Waals surface area (Å²) in [6.45, 7) is 7.80. The molecule has 7 heteroatoms. The van der Waals surface area contributed by atoms with Crippen molar-refractivity contribution in [2.45, 2.75) is 72.3 Å². The summed E-state index contributed by atoms with van der Waals surface area (Å²) in [5.74, 6) is 0.109. The number of nitrogens with one attached hydrogen (secondary N) is 3. The number of Topliss-reactive ketones (excluding diaryl/α,β-unsaturated/α-hetero) is 1. The number of aromatic amines is 1. The van der Waals surface area contributed by atoms with Crippen LogP contribution >= 0.6 is 0 Å². The molecular formula is C25H32N4O3. The summed E-state index contributed by atoms with van der Waals surface area (Å²) in [6, 6.07) is 2.98. The van der Waals surface area contributed by atoms with Gasteiger partial charge in [0.2, 0.25) is 5.91 Å². The van der Waals surface area contributed by atoms with Crippen LogP contribution in [0.1, 0.15) is 83.7 Å². The molecule has 2 aliphatic rings.